The Morgan fingerprint density at radius 2 is 2.10 bits per heavy atom. The van der Waals surface area contributed by atoms with E-state index >= 15 is 0 Å². The maximum atomic E-state index is 12.1. The van der Waals surface area contributed by atoms with E-state index in [9.17, 15) is 4.79 Å². The predicted octanol–water partition coefficient (Wildman–Crippen LogP) is 4.17. The predicted molar refractivity (Wildman–Crippen MR) is 92.0 cm³/mol. The fraction of sp³-hybridized carbons (Fsp3) is 0.588. The van der Waals surface area contributed by atoms with E-state index in [1.165, 1.54) is 0 Å². The number of hydrogen-bond donors (Lipinski definition) is 2. The summed E-state index contributed by atoms with van der Waals surface area (Å²) in [7, 11) is 0. The smallest absolute Gasteiger partial charge is 0.220 e. The van der Waals surface area contributed by atoms with Gasteiger partial charge in [0, 0.05) is 10.9 Å². The highest BCUT2D eigenvalue weighted by Crippen LogP contribution is 2.19. The first-order valence-corrected chi connectivity index (χ1v) is 8.61. The molecule has 1 amide bonds. The molecule has 3 N–H and O–H groups in total. The van der Waals surface area contributed by atoms with Crippen molar-refractivity contribution < 1.29 is 4.79 Å². The van der Waals surface area contributed by atoms with Crippen LogP contribution < -0.4 is 11.1 Å². The van der Waals surface area contributed by atoms with Crippen LogP contribution in [-0.2, 0) is 4.79 Å². The SMILES string of the molecule is CCCC(CCN)CCC(=O)N[C@H](C)c1cccc(Br)c1. The molecule has 1 rings (SSSR count). The number of nitrogens with one attached hydrogen (secondary N) is 1. The van der Waals surface area contributed by atoms with E-state index in [1.807, 2.05) is 31.2 Å². The summed E-state index contributed by atoms with van der Waals surface area (Å²) in [4.78, 5) is 12.1. The lowest BCUT2D eigenvalue weighted by atomic mass is 9.94. The van der Waals surface area contributed by atoms with Gasteiger partial charge in [0.25, 0.3) is 0 Å². The zero-order chi connectivity index (χ0) is 15.7. The molecule has 0 spiro atoms. The van der Waals surface area contributed by atoms with Gasteiger partial charge in [-0.2, -0.15) is 0 Å². The first kappa shape index (κ1) is 18.2. The molecule has 0 radical (unpaired) electrons. The summed E-state index contributed by atoms with van der Waals surface area (Å²) in [6, 6.07) is 8.08. The lowest BCUT2D eigenvalue weighted by molar-refractivity contribution is -0.122. The summed E-state index contributed by atoms with van der Waals surface area (Å²) in [6.07, 6.45) is 4.85. The fourth-order valence-electron chi connectivity index (χ4n) is 2.59. The van der Waals surface area contributed by atoms with Crippen LogP contribution in [0.3, 0.4) is 0 Å². The minimum Gasteiger partial charge on any atom is -0.350 e. The van der Waals surface area contributed by atoms with Crippen LogP contribution >= 0.6 is 15.9 Å². The zero-order valence-corrected chi connectivity index (χ0v) is 14.7. The summed E-state index contributed by atoms with van der Waals surface area (Å²) in [5, 5.41) is 3.07. The maximum absolute atomic E-state index is 12.1. The van der Waals surface area contributed by atoms with Gasteiger partial charge in [-0.1, -0.05) is 47.8 Å². The second kappa shape index (κ2) is 9.96. The molecule has 1 aromatic rings. The summed E-state index contributed by atoms with van der Waals surface area (Å²) in [5.41, 5.74) is 6.75. The van der Waals surface area contributed by atoms with Crippen molar-refractivity contribution in [3.8, 4) is 0 Å². The van der Waals surface area contributed by atoms with Crippen molar-refractivity contribution in [2.45, 2.75) is 52.0 Å². The highest BCUT2D eigenvalue weighted by molar-refractivity contribution is 9.10. The minimum absolute atomic E-state index is 0.0362. The molecule has 0 fully saturated rings. The summed E-state index contributed by atoms with van der Waals surface area (Å²) >= 11 is 3.46. The quantitative estimate of drug-likeness (QED) is 0.698. The Morgan fingerprint density at radius 1 is 1.33 bits per heavy atom. The van der Waals surface area contributed by atoms with Crippen LogP contribution in [0.1, 0.15) is 57.6 Å². The number of hydrogen-bond acceptors (Lipinski definition) is 2. The Labute approximate surface area is 136 Å². The zero-order valence-electron chi connectivity index (χ0n) is 13.1. The topological polar surface area (TPSA) is 55.1 Å². The van der Waals surface area contributed by atoms with Gasteiger partial charge in [0.05, 0.1) is 6.04 Å². The lowest BCUT2D eigenvalue weighted by Gasteiger charge is -2.17. The molecular weight excluding hydrogens is 328 g/mol. The Bertz CT molecular complexity index is 431. The van der Waals surface area contributed by atoms with Gasteiger partial charge in [0.15, 0.2) is 0 Å². The van der Waals surface area contributed by atoms with Crippen LogP contribution in [0.15, 0.2) is 28.7 Å². The van der Waals surface area contributed by atoms with Gasteiger partial charge in [-0.05, 0) is 49.9 Å². The molecule has 4 heteroatoms. The number of benzene rings is 1. The standard InChI is InChI=1S/C17H27BrN2O/c1-3-5-14(10-11-19)8-9-17(21)20-13(2)15-6-4-7-16(18)12-15/h4,6-7,12-14H,3,5,8-11,19H2,1-2H3,(H,20,21)/t13-,14?/m1/s1. The molecule has 0 bridgehead atoms. The van der Waals surface area contributed by atoms with E-state index in [1.54, 1.807) is 0 Å². The monoisotopic (exact) mass is 354 g/mol. The number of rotatable bonds is 9. The molecular formula is C17H27BrN2O. The maximum Gasteiger partial charge on any atom is 0.220 e. The molecule has 3 nitrogen and oxygen atoms in total. The van der Waals surface area contributed by atoms with Gasteiger partial charge >= 0.3 is 0 Å². The third-order valence-corrected chi connectivity index (χ3v) is 4.27. The minimum atomic E-state index is 0.0362. The molecule has 0 saturated carbocycles. The van der Waals surface area contributed by atoms with Gasteiger partial charge in [0.2, 0.25) is 5.91 Å². The van der Waals surface area contributed by atoms with Crippen molar-refractivity contribution in [2.24, 2.45) is 11.7 Å². The van der Waals surface area contributed by atoms with E-state index in [0.717, 1.165) is 35.7 Å². The molecule has 0 aliphatic heterocycles. The molecule has 1 aromatic carbocycles. The van der Waals surface area contributed by atoms with Gasteiger partial charge in [-0.3, -0.25) is 4.79 Å². The average Bonchev–Trinajstić information content (AvgIpc) is 2.45. The number of amides is 1. The number of carbonyl (C=O) groups is 1. The lowest BCUT2D eigenvalue weighted by Crippen LogP contribution is -2.27. The molecule has 0 aliphatic rings. The van der Waals surface area contributed by atoms with Crippen molar-refractivity contribution in [3.63, 3.8) is 0 Å². The van der Waals surface area contributed by atoms with Gasteiger partial charge in [-0.25, -0.2) is 0 Å². The Morgan fingerprint density at radius 3 is 2.71 bits per heavy atom. The van der Waals surface area contributed by atoms with Crippen molar-refractivity contribution in [2.75, 3.05) is 6.54 Å². The Hall–Kier alpha value is -0.870. The van der Waals surface area contributed by atoms with E-state index in [2.05, 4.69) is 28.2 Å². The van der Waals surface area contributed by atoms with E-state index in [4.69, 9.17) is 5.73 Å². The molecule has 0 saturated heterocycles. The van der Waals surface area contributed by atoms with Gasteiger partial charge < -0.3 is 11.1 Å². The van der Waals surface area contributed by atoms with Crippen molar-refractivity contribution in [3.05, 3.63) is 34.3 Å². The normalized spacial score (nSPS) is 13.7. The second-order valence-corrected chi connectivity index (χ2v) is 6.53. The number of nitrogens with two attached hydrogens (primary N) is 1. The second-order valence-electron chi connectivity index (χ2n) is 5.61. The molecule has 21 heavy (non-hydrogen) atoms. The molecule has 2 atom stereocenters. The first-order chi connectivity index (χ1) is 10.1. The van der Waals surface area contributed by atoms with Crippen LogP contribution in [0.25, 0.3) is 0 Å². The van der Waals surface area contributed by atoms with E-state index in [-0.39, 0.29) is 11.9 Å². The first-order valence-electron chi connectivity index (χ1n) is 7.81. The van der Waals surface area contributed by atoms with Crippen LogP contribution in [0.4, 0.5) is 0 Å². The molecule has 1 unspecified atom stereocenters. The van der Waals surface area contributed by atoms with Crippen molar-refractivity contribution in [1.82, 2.24) is 5.32 Å². The summed E-state index contributed by atoms with van der Waals surface area (Å²) in [5.74, 6) is 0.701. The van der Waals surface area contributed by atoms with Crippen LogP contribution in [-0.4, -0.2) is 12.5 Å². The largest absolute Gasteiger partial charge is 0.350 e. The summed E-state index contributed by atoms with van der Waals surface area (Å²) in [6.45, 7) is 4.91. The molecule has 0 aliphatic carbocycles. The number of carbonyl (C=O) groups excluding carboxylic acids is 1. The Kier molecular flexibility index (Phi) is 8.62. The Balaban J connectivity index is 2.42. The summed E-state index contributed by atoms with van der Waals surface area (Å²) < 4.78 is 1.03. The average molecular weight is 355 g/mol. The molecule has 0 aromatic heterocycles. The van der Waals surface area contributed by atoms with E-state index in [0.29, 0.717) is 18.9 Å². The van der Waals surface area contributed by atoms with Crippen LogP contribution in [0.2, 0.25) is 0 Å². The fourth-order valence-corrected chi connectivity index (χ4v) is 3.00. The highest BCUT2D eigenvalue weighted by atomic mass is 79.9. The third-order valence-electron chi connectivity index (χ3n) is 3.78. The molecule has 118 valence electrons. The van der Waals surface area contributed by atoms with E-state index < -0.39 is 0 Å². The molecule has 0 heterocycles. The van der Waals surface area contributed by atoms with Crippen LogP contribution in [0.5, 0.6) is 0 Å². The van der Waals surface area contributed by atoms with Gasteiger partial charge in [-0.15, -0.1) is 0 Å². The number of halogens is 1. The van der Waals surface area contributed by atoms with Crippen molar-refractivity contribution in [1.29, 1.82) is 0 Å². The highest BCUT2D eigenvalue weighted by Gasteiger charge is 2.13. The van der Waals surface area contributed by atoms with Crippen molar-refractivity contribution >= 4 is 21.8 Å². The van der Waals surface area contributed by atoms with Crippen LogP contribution in [0, 0.1) is 5.92 Å². The van der Waals surface area contributed by atoms with Gasteiger partial charge in [0.1, 0.15) is 0 Å². The third kappa shape index (κ3) is 7.09.